The Labute approximate surface area is 121 Å². The van der Waals surface area contributed by atoms with Crippen molar-refractivity contribution in [3.63, 3.8) is 0 Å². The van der Waals surface area contributed by atoms with E-state index >= 15 is 0 Å². The summed E-state index contributed by atoms with van der Waals surface area (Å²) in [7, 11) is 0. The van der Waals surface area contributed by atoms with Crippen LogP contribution in [0.1, 0.15) is 45.4 Å². The van der Waals surface area contributed by atoms with E-state index in [1.54, 1.807) is 0 Å². The number of carbonyl (C=O) groups is 2. The van der Waals surface area contributed by atoms with E-state index in [9.17, 15) is 9.59 Å². The number of amides is 2. The number of primary amides is 1. The van der Waals surface area contributed by atoms with Crippen LogP contribution in [0.3, 0.4) is 0 Å². The van der Waals surface area contributed by atoms with E-state index < -0.39 is 0 Å². The van der Waals surface area contributed by atoms with Crippen LogP contribution in [-0.2, 0) is 9.59 Å². The summed E-state index contributed by atoms with van der Waals surface area (Å²) in [6, 6.07) is 0.363. The Balaban J connectivity index is 1.66. The topological polar surface area (TPSA) is 75.4 Å². The SMILES string of the molecule is CC1CCC(NC(=O)CN2CCC(C(N)=O)CC2)CC1. The third kappa shape index (κ3) is 4.47. The molecule has 5 nitrogen and oxygen atoms in total. The quantitative estimate of drug-likeness (QED) is 0.803. The molecule has 0 atom stereocenters. The molecule has 2 rings (SSSR count). The van der Waals surface area contributed by atoms with Crippen molar-refractivity contribution >= 4 is 11.8 Å². The molecular formula is C15H27N3O2. The molecule has 2 fully saturated rings. The van der Waals surface area contributed by atoms with Crippen LogP contribution in [0.5, 0.6) is 0 Å². The molecule has 5 heteroatoms. The first-order chi connectivity index (χ1) is 9.54. The first-order valence-corrected chi connectivity index (χ1v) is 7.85. The molecular weight excluding hydrogens is 254 g/mol. The number of carbonyl (C=O) groups excluding carboxylic acids is 2. The van der Waals surface area contributed by atoms with Crippen LogP contribution >= 0.6 is 0 Å². The molecule has 1 saturated carbocycles. The zero-order chi connectivity index (χ0) is 14.5. The van der Waals surface area contributed by atoms with E-state index in [1.165, 1.54) is 12.8 Å². The summed E-state index contributed by atoms with van der Waals surface area (Å²) in [5, 5.41) is 3.15. The van der Waals surface area contributed by atoms with E-state index in [0.29, 0.717) is 12.6 Å². The van der Waals surface area contributed by atoms with Crippen LogP contribution in [0.15, 0.2) is 0 Å². The van der Waals surface area contributed by atoms with Gasteiger partial charge in [0, 0.05) is 12.0 Å². The zero-order valence-corrected chi connectivity index (χ0v) is 12.4. The van der Waals surface area contributed by atoms with Crippen LogP contribution in [0.2, 0.25) is 0 Å². The van der Waals surface area contributed by atoms with Crippen molar-refractivity contribution in [2.75, 3.05) is 19.6 Å². The minimum atomic E-state index is -0.203. The molecule has 1 aliphatic heterocycles. The molecule has 1 heterocycles. The van der Waals surface area contributed by atoms with Gasteiger partial charge in [0.15, 0.2) is 0 Å². The van der Waals surface area contributed by atoms with Gasteiger partial charge in [-0.2, -0.15) is 0 Å². The van der Waals surface area contributed by atoms with E-state index in [0.717, 1.165) is 44.7 Å². The molecule has 0 bridgehead atoms. The molecule has 0 aromatic rings. The lowest BCUT2D eigenvalue weighted by Gasteiger charge is -2.31. The van der Waals surface area contributed by atoms with E-state index in [2.05, 4.69) is 17.1 Å². The lowest BCUT2D eigenvalue weighted by Crippen LogP contribution is -2.46. The number of hydrogen-bond donors (Lipinski definition) is 2. The minimum absolute atomic E-state index is 0.00542. The second-order valence-corrected chi connectivity index (χ2v) is 6.48. The van der Waals surface area contributed by atoms with Crippen molar-refractivity contribution < 1.29 is 9.59 Å². The Morgan fingerprint density at radius 1 is 1.10 bits per heavy atom. The molecule has 0 unspecified atom stereocenters. The van der Waals surface area contributed by atoms with Gasteiger partial charge >= 0.3 is 0 Å². The van der Waals surface area contributed by atoms with E-state index in [1.807, 2.05) is 0 Å². The Morgan fingerprint density at radius 2 is 1.70 bits per heavy atom. The maximum absolute atomic E-state index is 12.0. The predicted molar refractivity (Wildman–Crippen MR) is 77.9 cm³/mol. The van der Waals surface area contributed by atoms with Gasteiger partial charge in [0.1, 0.15) is 0 Å². The van der Waals surface area contributed by atoms with Crippen molar-refractivity contribution in [2.45, 2.75) is 51.5 Å². The first-order valence-electron chi connectivity index (χ1n) is 7.85. The van der Waals surface area contributed by atoms with Gasteiger partial charge in [-0.1, -0.05) is 6.92 Å². The zero-order valence-electron chi connectivity index (χ0n) is 12.4. The largest absolute Gasteiger partial charge is 0.369 e. The van der Waals surface area contributed by atoms with Gasteiger partial charge in [-0.15, -0.1) is 0 Å². The predicted octanol–water partition coefficient (Wildman–Crippen LogP) is 0.879. The highest BCUT2D eigenvalue weighted by Crippen LogP contribution is 2.23. The Morgan fingerprint density at radius 3 is 2.25 bits per heavy atom. The van der Waals surface area contributed by atoms with Crippen LogP contribution < -0.4 is 11.1 Å². The Kier molecular flexibility index (Phi) is 5.40. The monoisotopic (exact) mass is 281 g/mol. The number of nitrogens with zero attached hydrogens (tertiary/aromatic N) is 1. The third-order valence-electron chi connectivity index (χ3n) is 4.74. The Bertz CT molecular complexity index is 343. The van der Waals surface area contributed by atoms with Crippen LogP contribution in [0.25, 0.3) is 0 Å². The second kappa shape index (κ2) is 7.07. The van der Waals surface area contributed by atoms with Crippen molar-refractivity contribution in [1.29, 1.82) is 0 Å². The van der Waals surface area contributed by atoms with Crippen molar-refractivity contribution in [1.82, 2.24) is 10.2 Å². The maximum Gasteiger partial charge on any atom is 0.234 e. The van der Waals surface area contributed by atoms with Crippen molar-refractivity contribution in [3.8, 4) is 0 Å². The van der Waals surface area contributed by atoms with E-state index in [-0.39, 0.29) is 17.7 Å². The molecule has 20 heavy (non-hydrogen) atoms. The lowest BCUT2D eigenvalue weighted by molar-refractivity contribution is -0.124. The maximum atomic E-state index is 12.0. The van der Waals surface area contributed by atoms with Gasteiger partial charge in [-0.25, -0.2) is 0 Å². The molecule has 2 amide bonds. The smallest absolute Gasteiger partial charge is 0.234 e. The third-order valence-corrected chi connectivity index (χ3v) is 4.74. The highest BCUT2D eigenvalue weighted by atomic mass is 16.2. The van der Waals surface area contributed by atoms with Gasteiger partial charge in [-0.05, 0) is 57.5 Å². The van der Waals surface area contributed by atoms with Gasteiger partial charge < -0.3 is 11.1 Å². The number of nitrogens with two attached hydrogens (primary N) is 1. The molecule has 1 aliphatic carbocycles. The van der Waals surface area contributed by atoms with Gasteiger partial charge in [-0.3, -0.25) is 14.5 Å². The fourth-order valence-electron chi connectivity index (χ4n) is 3.26. The number of likely N-dealkylation sites (tertiary alicyclic amines) is 1. The fraction of sp³-hybridized carbons (Fsp3) is 0.867. The normalized spacial score (nSPS) is 29.1. The lowest BCUT2D eigenvalue weighted by atomic mass is 9.87. The molecule has 1 saturated heterocycles. The summed E-state index contributed by atoms with van der Waals surface area (Å²) < 4.78 is 0. The van der Waals surface area contributed by atoms with E-state index in [4.69, 9.17) is 5.73 Å². The average Bonchev–Trinajstić information content (AvgIpc) is 2.42. The fourth-order valence-corrected chi connectivity index (χ4v) is 3.26. The molecule has 0 spiro atoms. The summed E-state index contributed by atoms with van der Waals surface area (Å²) in [5.74, 6) is 0.720. The van der Waals surface area contributed by atoms with Crippen LogP contribution in [0, 0.1) is 11.8 Å². The molecule has 0 aromatic carbocycles. The van der Waals surface area contributed by atoms with Gasteiger partial charge in [0.05, 0.1) is 6.54 Å². The van der Waals surface area contributed by atoms with Gasteiger partial charge in [0.25, 0.3) is 0 Å². The highest BCUT2D eigenvalue weighted by molar-refractivity contribution is 5.78. The molecule has 0 radical (unpaired) electrons. The summed E-state index contributed by atoms with van der Waals surface area (Å²) >= 11 is 0. The van der Waals surface area contributed by atoms with Gasteiger partial charge in [0.2, 0.25) is 11.8 Å². The number of piperidine rings is 1. The van der Waals surface area contributed by atoms with Crippen molar-refractivity contribution in [3.05, 3.63) is 0 Å². The molecule has 3 N–H and O–H groups in total. The summed E-state index contributed by atoms with van der Waals surface area (Å²) in [6.07, 6.45) is 6.21. The van der Waals surface area contributed by atoms with Crippen LogP contribution in [-0.4, -0.2) is 42.4 Å². The molecule has 2 aliphatic rings. The summed E-state index contributed by atoms with van der Waals surface area (Å²) in [6.45, 7) is 4.32. The number of hydrogen-bond acceptors (Lipinski definition) is 3. The summed E-state index contributed by atoms with van der Waals surface area (Å²) in [5.41, 5.74) is 5.31. The highest BCUT2D eigenvalue weighted by Gasteiger charge is 2.25. The Hall–Kier alpha value is -1.10. The standard InChI is InChI=1S/C15H27N3O2/c1-11-2-4-13(5-3-11)17-14(19)10-18-8-6-12(7-9-18)15(16)20/h11-13H,2-10H2,1H3,(H2,16,20)(H,17,19). The molecule has 114 valence electrons. The van der Waals surface area contributed by atoms with Crippen LogP contribution in [0.4, 0.5) is 0 Å². The number of rotatable bonds is 4. The second-order valence-electron chi connectivity index (χ2n) is 6.48. The average molecular weight is 281 g/mol. The molecule has 0 aromatic heterocycles. The number of nitrogens with one attached hydrogen (secondary N) is 1. The van der Waals surface area contributed by atoms with Crippen molar-refractivity contribution in [2.24, 2.45) is 17.6 Å². The minimum Gasteiger partial charge on any atom is -0.369 e. The summed E-state index contributed by atoms with van der Waals surface area (Å²) in [4.78, 5) is 25.3. The first kappa shape index (κ1) is 15.3.